The molecule has 0 atom stereocenters. The number of hydrogen-bond acceptors (Lipinski definition) is 5. The number of hydrogen-bond donors (Lipinski definition) is 0. The van der Waals surface area contributed by atoms with Crippen LogP contribution in [0, 0.1) is 0 Å². The molecule has 0 spiro atoms. The number of benzene rings is 2. The van der Waals surface area contributed by atoms with Gasteiger partial charge in [-0.15, -0.1) is 11.3 Å². The lowest BCUT2D eigenvalue weighted by atomic mass is 10.2. The highest BCUT2D eigenvalue weighted by Gasteiger charge is 2.18. The maximum atomic E-state index is 12.7. The Kier molecular flexibility index (Phi) is 6.57. The molecule has 0 aliphatic heterocycles. The lowest BCUT2D eigenvalue weighted by Crippen LogP contribution is -2.26. The van der Waals surface area contributed by atoms with E-state index in [0.717, 1.165) is 21.9 Å². The van der Waals surface area contributed by atoms with Gasteiger partial charge in [0.1, 0.15) is 23.1 Å². The number of carbonyl (C=O) groups is 1. The lowest BCUT2D eigenvalue weighted by molar-refractivity contribution is 0.0780. The molecule has 0 saturated heterocycles. The van der Waals surface area contributed by atoms with Crippen LogP contribution < -0.4 is 4.74 Å². The van der Waals surface area contributed by atoms with E-state index in [-0.39, 0.29) is 5.91 Å². The summed E-state index contributed by atoms with van der Waals surface area (Å²) in [6.07, 6.45) is 0. The van der Waals surface area contributed by atoms with E-state index in [1.807, 2.05) is 54.6 Å². The number of rotatable bonds is 8. The summed E-state index contributed by atoms with van der Waals surface area (Å²) in [7, 11) is 3.43. The number of thiazole rings is 1. The molecule has 0 N–H and O–H groups in total. The Morgan fingerprint density at radius 1 is 1.07 bits per heavy atom. The number of carbonyl (C=O) groups excluding carboxylic acids is 1. The van der Waals surface area contributed by atoms with Crippen LogP contribution in [0.15, 0.2) is 60.0 Å². The van der Waals surface area contributed by atoms with Gasteiger partial charge >= 0.3 is 0 Å². The molecule has 1 amide bonds. The van der Waals surface area contributed by atoms with Crippen molar-refractivity contribution in [1.29, 1.82) is 0 Å². The van der Waals surface area contributed by atoms with E-state index >= 15 is 0 Å². The van der Waals surface area contributed by atoms with Gasteiger partial charge in [0.15, 0.2) is 0 Å². The quantitative estimate of drug-likeness (QED) is 0.550. The number of methoxy groups -OCH3 is 1. The van der Waals surface area contributed by atoms with E-state index in [9.17, 15) is 4.79 Å². The van der Waals surface area contributed by atoms with Crippen LogP contribution in [0.5, 0.6) is 5.75 Å². The molecular weight excluding hydrogens is 360 g/mol. The minimum Gasteiger partial charge on any atom is -0.490 e. The van der Waals surface area contributed by atoms with Gasteiger partial charge in [-0.1, -0.05) is 42.5 Å². The van der Waals surface area contributed by atoms with Crippen LogP contribution in [0.2, 0.25) is 0 Å². The molecule has 0 radical (unpaired) electrons. The maximum absolute atomic E-state index is 12.7. The Balaban J connectivity index is 1.74. The monoisotopic (exact) mass is 382 g/mol. The molecule has 3 rings (SSSR count). The second-order valence-corrected chi connectivity index (χ2v) is 6.88. The molecule has 0 fully saturated rings. The van der Waals surface area contributed by atoms with Crippen molar-refractivity contribution in [3.63, 3.8) is 0 Å². The fraction of sp³-hybridized carbons (Fsp3) is 0.238. The largest absolute Gasteiger partial charge is 0.490 e. The molecule has 6 heteroatoms. The van der Waals surface area contributed by atoms with Crippen LogP contribution in [0.4, 0.5) is 0 Å². The summed E-state index contributed by atoms with van der Waals surface area (Å²) in [5, 5.41) is 2.56. The SMILES string of the molecule is COCCOc1ccccc1-c1nc(C(=O)N(C)Cc2ccccc2)cs1. The predicted molar refractivity (Wildman–Crippen MR) is 107 cm³/mol. The first kappa shape index (κ1) is 19.1. The molecule has 0 saturated carbocycles. The zero-order valence-electron chi connectivity index (χ0n) is 15.4. The highest BCUT2D eigenvalue weighted by molar-refractivity contribution is 7.13. The Hall–Kier alpha value is -2.70. The molecule has 1 heterocycles. The molecule has 0 aliphatic rings. The minimum atomic E-state index is -0.0980. The van der Waals surface area contributed by atoms with Crippen molar-refractivity contribution in [2.24, 2.45) is 0 Å². The number of nitrogens with zero attached hydrogens (tertiary/aromatic N) is 2. The van der Waals surface area contributed by atoms with Gasteiger partial charge in [0, 0.05) is 26.1 Å². The number of amides is 1. The Bertz CT molecular complexity index is 880. The summed E-state index contributed by atoms with van der Waals surface area (Å²) >= 11 is 1.44. The second-order valence-electron chi connectivity index (χ2n) is 6.02. The fourth-order valence-corrected chi connectivity index (χ4v) is 3.45. The summed E-state index contributed by atoms with van der Waals surface area (Å²) < 4.78 is 10.8. The molecule has 2 aromatic carbocycles. The summed E-state index contributed by atoms with van der Waals surface area (Å²) in [5.41, 5.74) is 2.41. The van der Waals surface area contributed by atoms with Gasteiger partial charge < -0.3 is 14.4 Å². The maximum Gasteiger partial charge on any atom is 0.273 e. The van der Waals surface area contributed by atoms with Gasteiger partial charge in [-0.3, -0.25) is 4.79 Å². The van der Waals surface area contributed by atoms with Gasteiger partial charge in [0.2, 0.25) is 0 Å². The highest BCUT2D eigenvalue weighted by atomic mass is 32.1. The van der Waals surface area contributed by atoms with Gasteiger partial charge in [-0.2, -0.15) is 0 Å². The van der Waals surface area contributed by atoms with Crippen LogP contribution in [0.1, 0.15) is 16.1 Å². The zero-order valence-corrected chi connectivity index (χ0v) is 16.2. The smallest absolute Gasteiger partial charge is 0.273 e. The molecule has 0 bridgehead atoms. The topological polar surface area (TPSA) is 51.7 Å². The summed E-state index contributed by atoms with van der Waals surface area (Å²) in [4.78, 5) is 18.9. The third-order valence-electron chi connectivity index (χ3n) is 4.00. The summed E-state index contributed by atoms with van der Waals surface area (Å²) in [6.45, 7) is 1.52. The van der Waals surface area contributed by atoms with Crippen LogP contribution in [0.25, 0.3) is 10.6 Å². The van der Waals surface area contributed by atoms with E-state index in [0.29, 0.717) is 25.5 Å². The molecule has 3 aromatic rings. The normalized spacial score (nSPS) is 10.6. The van der Waals surface area contributed by atoms with E-state index in [4.69, 9.17) is 9.47 Å². The molecule has 27 heavy (non-hydrogen) atoms. The molecule has 1 aromatic heterocycles. The first-order valence-electron chi connectivity index (χ1n) is 8.65. The van der Waals surface area contributed by atoms with Gasteiger partial charge in [0.25, 0.3) is 5.91 Å². The molecule has 140 valence electrons. The third-order valence-corrected chi connectivity index (χ3v) is 4.87. The van der Waals surface area contributed by atoms with E-state index < -0.39 is 0 Å². The number of ether oxygens (including phenoxy) is 2. The minimum absolute atomic E-state index is 0.0980. The third kappa shape index (κ3) is 4.93. The average Bonchev–Trinajstić information content (AvgIpc) is 3.18. The summed E-state index contributed by atoms with van der Waals surface area (Å²) in [5.74, 6) is 0.639. The van der Waals surface area contributed by atoms with Gasteiger partial charge in [0.05, 0.1) is 12.2 Å². The number of para-hydroxylation sites is 1. The van der Waals surface area contributed by atoms with Crippen molar-refractivity contribution in [2.45, 2.75) is 6.54 Å². The molecule has 0 unspecified atom stereocenters. The van der Waals surface area contributed by atoms with Crippen LogP contribution in [-0.2, 0) is 11.3 Å². The van der Waals surface area contributed by atoms with Crippen molar-refractivity contribution in [3.8, 4) is 16.3 Å². The zero-order chi connectivity index (χ0) is 19.1. The van der Waals surface area contributed by atoms with Crippen molar-refractivity contribution < 1.29 is 14.3 Å². The second kappa shape index (κ2) is 9.30. The van der Waals surface area contributed by atoms with Crippen molar-refractivity contribution in [3.05, 3.63) is 71.2 Å². The first-order chi connectivity index (χ1) is 13.2. The lowest BCUT2D eigenvalue weighted by Gasteiger charge is -2.15. The van der Waals surface area contributed by atoms with Crippen LogP contribution in [-0.4, -0.2) is 43.2 Å². The van der Waals surface area contributed by atoms with Gasteiger partial charge in [-0.05, 0) is 17.7 Å². The Morgan fingerprint density at radius 2 is 1.81 bits per heavy atom. The van der Waals surface area contributed by atoms with E-state index in [2.05, 4.69) is 4.98 Å². The van der Waals surface area contributed by atoms with Crippen LogP contribution >= 0.6 is 11.3 Å². The molecular formula is C21H22N2O3S. The molecule has 5 nitrogen and oxygen atoms in total. The van der Waals surface area contributed by atoms with Gasteiger partial charge in [-0.25, -0.2) is 4.98 Å². The van der Waals surface area contributed by atoms with E-state index in [1.165, 1.54) is 11.3 Å². The fourth-order valence-electron chi connectivity index (χ4n) is 2.62. The first-order valence-corrected chi connectivity index (χ1v) is 9.53. The molecule has 0 aliphatic carbocycles. The average molecular weight is 382 g/mol. The van der Waals surface area contributed by atoms with E-state index in [1.54, 1.807) is 24.4 Å². The summed E-state index contributed by atoms with van der Waals surface area (Å²) in [6, 6.07) is 17.6. The van der Waals surface area contributed by atoms with Crippen molar-refractivity contribution >= 4 is 17.2 Å². The predicted octanol–water partition coefficient (Wildman–Crippen LogP) is 4.11. The van der Waals surface area contributed by atoms with Crippen molar-refractivity contribution in [1.82, 2.24) is 9.88 Å². The highest BCUT2D eigenvalue weighted by Crippen LogP contribution is 2.32. The Labute approximate surface area is 163 Å². The van der Waals surface area contributed by atoms with Crippen LogP contribution in [0.3, 0.4) is 0 Å². The standard InChI is InChI=1S/C21H22N2O3S/c1-23(14-16-8-4-3-5-9-16)21(24)18-15-27-20(22-18)17-10-6-7-11-19(17)26-13-12-25-2/h3-11,15H,12-14H2,1-2H3. The number of aromatic nitrogens is 1. The van der Waals surface area contributed by atoms with Crippen molar-refractivity contribution in [2.75, 3.05) is 27.4 Å². The Morgan fingerprint density at radius 3 is 2.59 bits per heavy atom.